The average molecular weight is 270 g/mol. The van der Waals surface area contributed by atoms with E-state index in [0.29, 0.717) is 29.9 Å². The minimum atomic E-state index is -0.259. The lowest BCUT2D eigenvalue weighted by Gasteiger charge is -2.21. The summed E-state index contributed by atoms with van der Waals surface area (Å²) in [5.41, 5.74) is 0. The first-order valence-electron chi connectivity index (χ1n) is 6.09. The molecule has 1 unspecified atom stereocenters. The van der Waals surface area contributed by atoms with E-state index < -0.39 is 0 Å². The molecule has 1 atom stereocenters. The summed E-state index contributed by atoms with van der Waals surface area (Å²) in [5, 5.41) is 10.4. The van der Waals surface area contributed by atoms with Crippen molar-refractivity contribution >= 4 is 17.7 Å². The van der Waals surface area contributed by atoms with Gasteiger partial charge in [-0.1, -0.05) is 19.0 Å². The number of carbonyl (C=O) groups is 1. The molecular formula is C11H18N4O2S. The summed E-state index contributed by atoms with van der Waals surface area (Å²) in [5.74, 6) is 1.95. The van der Waals surface area contributed by atoms with Crippen molar-refractivity contribution in [1.82, 2.24) is 20.8 Å². The highest BCUT2D eigenvalue weighted by Crippen LogP contribution is 2.15. The molecule has 2 N–H and O–H groups in total. The lowest BCUT2D eigenvalue weighted by Crippen LogP contribution is -2.53. The van der Waals surface area contributed by atoms with Gasteiger partial charge in [-0.15, -0.1) is 0 Å². The third-order valence-electron chi connectivity index (χ3n) is 2.57. The maximum absolute atomic E-state index is 11.6. The van der Waals surface area contributed by atoms with Crippen LogP contribution in [0.3, 0.4) is 0 Å². The highest BCUT2D eigenvalue weighted by Gasteiger charge is 2.24. The van der Waals surface area contributed by atoms with Crippen LogP contribution in [0.1, 0.15) is 25.6 Å². The Balaban J connectivity index is 1.87. The lowest BCUT2D eigenvalue weighted by atomic mass is 10.1. The first kappa shape index (κ1) is 13.4. The number of nitrogens with zero attached hydrogens (tertiary/aromatic N) is 2. The number of piperazine rings is 1. The number of aromatic nitrogens is 2. The molecule has 2 heterocycles. The maximum atomic E-state index is 11.6. The Labute approximate surface area is 110 Å². The summed E-state index contributed by atoms with van der Waals surface area (Å²) in [7, 11) is 0. The molecule has 100 valence electrons. The van der Waals surface area contributed by atoms with E-state index in [1.807, 2.05) is 0 Å². The number of nitrogens with one attached hydrogen (secondary N) is 2. The Morgan fingerprint density at radius 2 is 2.33 bits per heavy atom. The Morgan fingerprint density at radius 1 is 1.50 bits per heavy atom. The van der Waals surface area contributed by atoms with Crippen LogP contribution in [0.15, 0.2) is 4.52 Å². The molecule has 0 aliphatic carbocycles. The van der Waals surface area contributed by atoms with Crippen LogP contribution in [-0.2, 0) is 17.0 Å². The highest BCUT2D eigenvalue weighted by atomic mass is 32.2. The SMILES string of the molecule is CC(C)SCc1noc(CC2NCCNC2=O)n1. The molecule has 0 spiro atoms. The zero-order chi connectivity index (χ0) is 13.0. The first-order valence-corrected chi connectivity index (χ1v) is 7.14. The van der Waals surface area contributed by atoms with E-state index in [1.165, 1.54) is 0 Å². The van der Waals surface area contributed by atoms with Crippen LogP contribution < -0.4 is 10.6 Å². The van der Waals surface area contributed by atoms with E-state index in [4.69, 9.17) is 4.52 Å². The number of amides is 1. The van der Waals surface area contributed by atoms with Gasteiger partial charge in [-0.25, -0.2) is 0 Å². The normalized spacial score (nSPS) is 20.2. The van der Waals surface area contributed by atoms with Gasteiger partial charge in [0, 0.05) is 13.1 Å². The number of thioether (sulfide) groups is 1. The molecule has 1 aliphatic rings. The van der Waals surface area contributed by atoms with Gasteiger partial charge < -0.3 is 15.2 Å². The van der Waals surface area contributed by atoms with Crippen LogP contribution in [0, 0.1) is 0 Å². The fraction of sp³-hybridized carbons (Fsp3) is 0.727. The maximum Gasteiger partial charge on any atom is 0.237 e. The molecule has 1 aromatic heterocycles. The second-order valence-electron chi connectivity index (χ2n) is 4.47. The van der Waals surface area contributed by atoms with E-state index in [9.17, 15) is 4.79 Å². The van der Waals surface area contributed by atoms with E-state index in [2.05, 4.69) is 34.6 Å². The molecule has 0 aromatic carbocycles. The monoisotopic (exact) mass is 270 g/mol. The van der Waals surface area contributed by atoms with Crippen molar-refractivity contribution < 1.29 is 9.32 Å². The summed E-state index contributed by atoms with van der Waals surface area (Å²) < 4.78 is 5.15. The van der Waals surface area contributed by atoms with Crippen molar-refractivity contribution in [1.29, 1.82) is 0 Å². The topological polar surface area (TPSA) is 80.0 Å². The van der Waals surface area contributed by atoms with Crippen molar-refractivity contribution in [2.24, 2.45) is 0 Å². The van der Waals surface area contributed by atoms with Crippen LogP contribution in [0.4, 0.5) is 0 Å². The summed E-state index contributed by atoms with van der Waals surface area (Å²) in [4.78, 5) is 15.8. The zero-order valence-electron chi connectivity index (χ0n) is 10.6. The van der Waals surface area contributed by atoms with Gasteiger partial charge in [0.2, 0.25) is 11.8 Å². The smallest absolute Gasteiger partial charge is 0.237 e. The van der Waals surface area contributed by atoms with E-state index >= 15 is 0 Å². The van der Waals surface area contributed by atoms with Crippen LogP contribution in [0.25, 0.3) is 0 Å². The number of hydrogen-bond acceptors (Lipinski definition) is 6. The lowest BCUT2D eigenvalue weighted by molar-refractivity contribution is -0.124. The second-order valence-corrected chi connectivity index (χ2v) is 6.03. The van der Waals surface area contributed by atoms with Gasteiger partial charge >= 0.3 is 0 Å². The van der Waals surface area contributed by atoms with Crippen molar-refractivity contribution in [2.75, 3.05) is 13.1 Å². The quantitative estimate of drug-likeness (QED) is 0.803. The molecule has 0 saturated carbocycles. The zero-order valence-corrected chi connectivity index (χ0v) is 11.4. The molecule has 2 rings (SSSR count). The first-order chi connectivity index (χ1) is 8.65. The molecule has 1 aliphatic heterocycles. The van der Waals surface area contributed by atoms with E-state index in [0.717, 1.165) is 12.3 Å². The van der Waals surface area contributed by atoms with E-state index in [1.54, 1.807) is 11.8 Å². The number of rotatable bonds is 5. The van der Waals surface area contributed by atoms with Crippen LogP contribution >= 0.6 is 11.8 Å². The Bertz CT molecular complexity index is 408. The summed E-state index contributed by atoms with van der Waals surface area (Å²) in [6, 6.07) is -0.259. The minimum absolute atomic E-state index is 0.00226. The molecule has 0 radical (unpaired) electrons. The molecular weight excluding hydrogens is 252 g/mol. The van der Waals surface area contributed by atoms with Gasteiger partial charge in [0.25, 0.3) is 0 Å². The van der Waals surface area contributed by atoms with Crippen LogP contribution in [-0.4, -0.2) is 40.4 Å². The molecule has 1 amide bonds. The van der Waals surface area contributed by atoms with Crippen LogP contribution in [0.5, 0.6) is 0 Å². The second kappa shape index (κ2) is 6.19. The number of hydrogen-bond donors (Lipinski definition) is 2. The summed E-state index contributed by atoms with van der Waals surface area (Å²) in [6.45, 7) is 5.71. The number of carbonyl (C=O) groups excluding carboxylic acids is 1. The van der Waals surface area contributed by atoms with Gasteiger partial charge in [0.1, 0.15) is 0 Å². The van der Waals surface area contributed by atoms with Gasteiger partial charge in [0.05, 0.1) is 18.2 Å². The van der Waals surface area contributed by atoms with Crippen molar-refractivity contribution in [3.05, 3.63) is 11.7 Å². The van der Waals surface area contributed by atoms with Gasteiger partial charge in [-0.2, -0.15) is 16.7 Å². The Kier molecular flexibility index (Phi) is 4.60. The van der Waals surface area contributed by atoms with Crippen molar-refractivity contribution in [3.8, 4) is 0 Å². The Morgan fingerprint density at radius 3 is 3.06 bits per heavy atom. The Hall–Kier alpha value is -1.08. The largest absolute Gasteiger partial charge is 0.353 e. The summed E-state index contributed by atoms with van der Waals surface area (Å²) >= 11 is 1.76. The minimum Gasteiger partial charge on any atom is -0.353 e. The van der Waals surface area contributed by atoms with Gasteiger partial charge in [-0.05, 0) is 5.25 Å². The third-order valence-corrected chi connectivity index (χ3v) is 3.66. The average Bonchev–Trinajstić information content (AvgIpc) is 2.77. The standard InChI is InChI=1S/C11H18N4O2S/c1-7(2)18-6-9-14-10(17-15-9)5-8-11(16)13-4-3-12-8/h7-8,12H,3-6H2,1-2H3,(H,13,16). The molecule has 1 aromatic rings. The van der Waals surface area contributed by atoms with Gasteiger partial charge in [0.15, 0.2) is 5.82 Å². The third kappa shape index (κ3) is 3.71. The van der Waals surface area contributed by atoms with Crippen LogP contribution in [0.2, 0.25) is 0 Å². The summed E-state index contributed by atoms with van der Waals surface area (Å²) in [6.07, 6.45) is 0.450. The molecule has 0 bridgehead atoms. The highest BCUT2D eigenvalue weighted by molar-refractivity contribution is 7.99. The molecule has 18 heavy (non-hydrogen) atoms. The molecule has 1 saturated heterocycles. The molecule has 7 heteroatoms. The van der Waals surface area contributed by atoms with Crippen molar-refractivity contribution in [3.63, 3.8) is 0 Å². The molecule has 1 fully saturated rings. The predicted molar refractivity (Wildman–Crippen MR) is 69.2 cm³/mol. The fourth-order valence-electron chi connectivity index (χ4n) is 1.66. The molecule has 6 nitrogen and oxygen atoms in total. The fourth-order valence-corrected chi connectivity index (χ4v) is 2.26. The van der Waals surface area contributed by atoms with Gasteiger partial charge in [-0.3, -0.25) is 4.79 Å². The predicted octanol–water partition coefficient (Wildman–Crippen LogP) is 0.342. The van der Waals surface area contributed by atoms with E-state index in [-0.39, 0.29) is 11.9 Å². The van der Waals surface area contributed by atoms with Crippen molar-refractivity contribution in [2.45, 2.75) is 37.3 Å².